The minimum Gasteiger partial charge on any atom is -0.508 e. The van der Waals surface area contributed by atoms with Crippen LogP contribution in [-0.4, -0.2) is 259 Å². The number of para-hydroxylation sites is 1. The molecule has 10 rings (SSSR count). The number of hydrogen-bond donors (Lipinski definition) is 24. The molecule has 1 aliphatic heterocycles. The van der Waals surface area contributed by atoms with Crippen molar-refractivity contribution >= 4 is 99.6 Å². The lowest BCUT2D eigenvalue weighted by atomic mass is 10.00. The highest BCUT2D eigenvalue weighted by atomic mass is 16.4. The third-order valence-electron chi connectivity index (χ3n) is 22.4. The van der Waals surface area contributed by atoms with Crippen LogP contribution in [0.3, 0.4) is 0 Å². The van der Waals surface area contributed by atoms with E-state index in [4.69, 9.17) is 5.73 Å². The number of likely N-dealkylation sites (tertiary alicyclic amines) is 1. The van der Waals surface area contributed by atoms with Crippen LogP contribution in [0.2, 0.25) is 0 Å². The number of imidazole rings is 1. The Bertz CT molecular complexity index is 5630. The number of amides is 13. The number of H-pyrrole nitrogens is 2. The number of phenolic OH excluding ortho intramolecular Hbond substituents is 5. The molecule has 135 heavy (non-hydrogen) atoms. The number of aromatic nitrogens is 3. The Hall–Kier alpha value is -15.8. The number of aliphatic hydroxyl groups is 2. The smallest absolute Gasteiger partial charge is 0.326 e. The van der Waals surface area contributed by atoms with E-state index in [1.807, 2.05) is 0 Å². The summed E-state index contributed by atoms with van der Waals surface area (Å²) < 4.78 is 0. The van der Waals surface area contributed by atoms with Crippen LogP contribution in [0.5, 0.6) is 28.7 Å². The zero-order valence-electron chi connectivity index (χ0n) is 73.7. The minimum absolute atomic E-state index is 0.000654. The average Bonchev–Trinajstić information content (AvgIpc) is 1.69. The third-order valence-corrected chi connectivity index (χ3v) is 22.4. The molecule has 41 heteroatoms. The molecule has 3 heterocycles. The van der Waals surface area contributed by atoms with Crippen molar-refractivity contribution in [3.8, 4) is 28.7 Å². The molecule has 1 aliphatic rings. The second kappa shape index (κ2) is 48.4. The predicted octanol–water partition coefficient (Wildman–Crippen LogP) is -0.984. The van der Waals surface area contributed by atoms with Crippen molar-refractivity contribution in [1.82, 2.24) is 83.7 Å². The Morgan fingerprint density at radius 1 is 0.422 bits per heavy atom. The van der Waals surface area contributed by atoms with E-state index < -0.39 is 205 Å². The van der Waals surface area contributed by atoms with Gasteiger partial charge in [0.15, 0.2) is 0 Å². The monoisotopic (exact) mass is 1860 g/mol. The molecule has 2 aromatic heterocycles. The van der Waals surface area contributed by atoms with Crippen LogP contribution in [0.4, 0.5) is 0 Å². The van der Waals surface area contributed by atoms with Crippen LogP contribution in [0.25, 0.3) is 10.9 Å². The molecule has 25 N–H and O–H groups in total. The molecule has 9 aromatic rings. The van der Waals surface area contributed by atoms with E-state index in [0.29, 0.717) is 56.3 Å². The average molecular weight is 1860 g/mol. The van der Waals surface area contributed by atoms with Crippen LogP contribution in [0.15, 0.2) is 195 Å². The Kier molecular flexibility index (Phi) is 36.3. The summed E-state index contributed by atoms with van der Waals surface area (Å²) in [6.07, 6.45) is -0.546. The number of benzene rings is 7. The summed E-state index contributed by atoms with van der Waals surface area (Å²) in [6, 6.07) is 21.9. The molecule has 41 nitrogen and oxygen atoms in total. The van der Waals surface area contributed by atoms with Gasteiger partial charge in [0.05, 0.1) is 38.0 Å². The van der Waals surface area contributed by atoms with Gasteiger partial charge in [-0.1, -0.05) is 123 Å². The van der Waals surface area contributed by atoms with Gasteiger partial charge < -0.3 is 130 Å². The van der Waals surface area contributed by atoms with Crippen molar-refractivity contribution in [2.45, 2.75) is 176 Å². The van der Waals surface area contributed by atoms with Crippen LogP contribution in [0.1, 0.15) is 84.7 Å². The fourth-order valence-electron chi connectivity index (χ4n) is 15.1. The Morgan fingerprint density at radius 3 is 1.23 bits per heavy atom. The van der Waals surface area contributed by atoms with Crippen molar-refractivity contribution in [3.05, 3.63) is 239 Å². The molecular weight excluding hydrogens is 1750 g/mol. The van der Waals surface area contributed by atoms with Gasteiger partial charge in [-0.3, -0.25) is 67.1 Å². The molecule has 0 saturated carbocycles. The molecular formula is C94H109N17O24. The summed E-state index contributed by atoms with van der Waals surface area (Å²) in [6.45, 7) is 1.98. The lowest BCUT2D eigenvalue weighted by molar-refractivity contribution is -0.144. The molecule has 13 amide bonds. The lowest BCUT2D eigenvalue weighted by Gasteiger charge is -2.29. The number of carboxylic acids is 2. The fraction of sp³-hybridized carbons (Fsp3) is 0.340. The van der Waals surface area contributed by atoms with Crippen LogP contribution in [-0.2, 0) is 123 Å². The van der Waals surface area contributed by atoms with E-state index >= 15 is 19.2 Å². The number of hydrogen-bond acceptors (Lipinski definition) is 24. The van der Waals surface area contributed by atoms with Crippen molar-refractivity contribution in [2.75, 3.05) is 19.7 Å². The maximum absolute atomic E-state index is 15.4. The fourth-order valence-corrected chi connectivity index (χ4v) is 15.1. The molecule has 14 atom stereocenters. The number of aliphatic hydroxyl groups excluding tert-OH is 2. The maximum atomic E-state index is 15.4. The van der Waals surface area contributed by atoms with Crippen LogP contribution in [0, 0.1) is 5.92 Å². The maximum Gasteiger partial charge on any atom is 0.326 e. The number of carbonyl (C=O) groups is 15. The Labute approximate surface area is 773 Å². The predicted molar refractivity (Wildman–Crippen MR) is 484 cm³/mol. The molecule has 1 fully saturated rings. The first-order valence-corrected chi connectivity index (χ1v) is 43.3. The lowest BCUT2D eigenvalue weighted by Crippen LogP contribution is -2.62. The summed E-state index contributed by atoms with van der Waals surface area (Å²) in [5.74, 6) is -17.9. The van der Waals surface area contributed by atoms with Gasteiger partial charge >= 0.3 is 11.9 Å². The van der Waals surface area contributed by atoms with E-state index in [-0.39, 0.29) is 92.4 Å². The number of aromatic hydroxyl groups is 5. The van der Waals surface area contributed by atoms with Crippen molar-refractivity contribution in [1.29, 1.82) is 0 Å². The van der Waals surface area contributed by atoms with Crippen LogP contribution < -0.4 is 69.5 Å². The van der Waals surface area contributed by atoms with Gasteiger partial charge in [-0.05, 0) is 138 Å². The minimum atomic E-state index is -2.01. The van der Waals surface area contributed by atoms with Gasteiger partial charge in [-0.25, -0.2) is 9.78 Å². The first-order chi connectivity index (χ1) is 64.4. The molecule has 714 valence electrons. The standard InChI is InChI=1S/C94H109N17O24/c1-50(2)80(94(134)135)110-89(129)75(44-79(120)121)106-85(125)69(37-52-10-5-4-6-11-52)101-84(124)71(40-56-21-31-63(117)32-22-56)103-87(127)73(42-58-45-97-67-13-8-7-12-65(58)67)104-88(128)74(43-59-46-96-49-99-59)105-90(130)76(48-112)108-92(132)81(51(3)113)109-78(119)47-98-82(122)68(38-54-17-27-61(115)28-18-54)100-83(123)70(39-55-19-29-62(116)30-20-55)102-86(126)72(41-57-23-33-64(118)34-24-57)107-91(131)77-14-9-35-111(77)93(133)66(95)36-53-15-25-60(114)26-16-53/h4-8,10-13,15-34,45-46,49-51,66,68-77,80-81,97,112-118H,9,14,35-44,47-48,95H2,1-3H3,(H,96,99)(H,98,122)(H,100,123)(H,101,124)(H,102,126)(H,103,127)(H,104,128)(H,105,130)(H,106,125)(H,107,131)(H,108,132)(H,109,119)(H,110,129)(H,120,121)(H,134,135)/t51-,66+,68+,69+,70+,71+,72+,73+,74+,75+,76+,77+,80+,81+/m1/s1. The highest BCUT2D eigenvalue weighted by Crippen LogP contribution is 2.25. The molecule has 0 radical (unpaired) electrons. The van der Waals surface area contributed by atoms with Gasteiger partial charge in [0.25, 0.3) is 0 Å². The van der Waals surface area contributed by atoms with Crippen molar-refractivity contribution < 1.29 is 118 Å². The molecule has 0 bridgehead atoms. The number of phenols is 5. The number of aromatic amines is 2. The van der Waals surface area contributed by atoms with E-state index in [9.17, 15) is 98.7 Å². The second-order valence-corrected chi connectivity index (χ2v) is 33.1. The summed E-state index contributed by atoms with van der Waals surface area (Å²) in [4.78, 5) is 225. The first-order valence-electron chi connectivity index (χ1n) is 43.3. The first kappa shape index (κ1) is 101. The van der Waals surface area contributed by atoms with E-state index in [1.165, 1.54) is 140 Å². The second-order valence-electron chi connectivity index (χ2n) is 33.1. The number of carboxylic acid groups (broad SMARTS) is 2. The Morgan fingerprint density at radius 2 is 0.807 bits per heavy atom. The highest BCUT2D eigenvalue weighted by molar-refractivity contribution is 6.01. The number of aliphatic carboxylic acids is 2. The number of rotatable bonds is 47. The summed E-state index contributed by atoms with van der Waals surface area (Å²) in [5.41, 5.74) is 10.2. The van der Waals surface area contributed by atoms with E-state index in [2.05, 4.69) is 78.8 Å². The van der Waals surface area contributed by atoms with Crippen molar-refractivity contribution in [3.63, 3.8) is 0 Å². The number of nitrogens with zero attached hydrogens (tertiary/aromatic N) is 2. The SMILES string of the molecule is CC(C)[C@H](NC(=O)[C@H](CC(=O)O)NC(=O)[C@H](Cc1ccccc1)NC(=O)[C@H](Cc1ccc(O)cc1)NC(=O)[C@H](Cc1c[nH]c2ccccc12)NC(=O)[C@H](Cc1cnc[nH]1)NC(=O)[C@H](CO)NC(=O)[C@@H](NC(=O)CNC(=O)[C@H](Cc1ccc(O)cc1)NC(=O)[C@H](Cc1ccc(O)cc1)NC(=O)[C@H](Cc1ccc(O)cc1)NC(=O)[C@@H]1CCCN1C(=O)[C@@H](N)Cc1ccc(O)cc1)[C@@H](C)O)C(=O)O. The number of fused-ring (bicyclic) bond motifs is 1. The Balaban J connectivity index is 0.844. The normalized spacial score (nSPS) is 15.2. The summed E-state index contributed by atoms with van der Waals surface area (Å²) in [7, 11) is 0. The highest BCUT2D eigenvalue weighted by Gasteiger charge is 2.42. The number of nitrogens with one attached hydrogen (secondary N) is 14. The van der Waals surface area contributed by atoms with Gasteiger partial charge in [0.1, 0.15) is 101 Å². The zero-order valence-corrected chi connectivity index (χ0v) is 73.7. The molecule has 0 spiro atoms. The van der Waals surface area contributed by atoms with Gasteiger partial charge in [0, 0.05) is 80.5 Å². The van der Waals surface area contributed by atoms with Gasteiger partial charge in [0.2, 0.25) is 76.8 Å². The van der Waals surface area contributed by atoms with Crippen molar-refractivity contribution in [2.24, 2.45) is 11.7 Å². The van der Waals surface area contributed by atoms with E-state index in [1.54, 1.807) is 72.9 Å². The third kappa shape index (κ3) is 30.1. The van der Waals surface area contributed by atoms with E-state index in [0.717, 1.165) is 6.92 Å². The molecule has 7 aromatic carbocycles. The number of nitrogens with two attached hydrogens (primary N) is 1. The largest absolute Gasteiger partial charge is 0.508 e. The quantitative estimate of drug-likeness (QED) is 0.0218. The zero-order chi connectivity index (χ0) is 97.7. The molecule has 1 saturated heterocycles. The summed E-state index contributed by atoms with van der Waals surface area (Å²) >= 11 is 0. The molecule has 0 unspecified atom stereocenters. The van der Waals surface area contributed by atoms with Crippen LogP contribution >= 0.6 is 0 Å². The summed E-state index contributed by atoms with van der Waals surface area (Å²) in [5, 5.41) is 123. The number of carbonyl (C=O) groups excluding carboxylic acids is 13. The van der Waals surface area contributed by atoms with Gasteiger partial charge in [-0.2, -0.15) is 0 Å². The van der Waals surface area contributed by atoms with Gasteiger partial charge in [-0.15, -0.1) is 0 Å². The molecule has 0 aliphatic carbocycles. The topological polar surface area (TPSA) is 656 Å².